The lowest BCUT2D eigenvalue weighted by Gasteiger charge is -2.18. The smallest absolute Gasteiger partial charge is 0.233 e. The molecule has 2 aliphatic carbocycles. The Hall–Kier alpha value is -2.10. The van der Waals surface area contributed by atoms with Crippen LogP contribution < -0.4 is 15.4 Å². The van der Waals surface area contributed by atoms with E-state index in [-0.39, 0.29) is 65.6 Å². The summed E-state index contributed by atoms with van der Waals surface area (Å²) in [5, 5.41) is 6.50. The quantitative estimate of drug-likeness (QED) is 0.158. The van der Waals surface area contributed by atoms with Gasteiger partial charge in [-0.1, -0.05) is 24.3 Å². The molecule has 33 heavy (non-hydrogen) atoms. The average molecular weight is 566 g/mol. The topological polar surface area (TPSA) is 83.0 Å². The minimum absolute atomic E-state index is 0. The zero-order valence-corrected chi connectivity index (χ0v) is 22.0. The van der Waals surface area contributed by atoms with Gasteiger partial charge < -0.3 is 15.4 Å². The lowest BCUT2D eigenvalue weighted by molar-refractivity contribution is -0.140. The number of carbonyl (C=O) groups excluding carboxylic acids is 2. The van der Waals surface area contributed by atoms with Crippen molar-refractivity contribution < 1.29 is 14.3 Å². The maximum Gasteiger partial charge on any atom is 0.233 e. The van der Waals surface area contributed by atoms with E-state index in [1.54, 1.807) is 0 Å². The molecule has 1 heterocycles. The van der Waals surface area contributed by atoms with Crippen LogP contribution in [0.15, 0.2) is 41.4 Å². The standard InChI is InChI=1S/C25H34N4O3.HI/c1-4-26-25(27-12-11-17-5-9-20(10-6-17)32-16(2)3)28-13-14-29-23(30)21-18-7-8-19(15-18)22(21)24(29)31;/h5-10,16,18-19,21-22H,4,11-15H2,1-3H3,(H2,26,27,28);1H. The first-order valence-corrected chi connectivity index (χ1v) is 11.8. The zero-order chi connectivity index (χ0) is 22.7. The van der Waals surface area contributed by atoms with Crippen molar-refractivity contribution in [2.45, 2.75) is 39.7 Å². The highest BCUT2D eigenvalue weighted by atomic mass is 127. The van der Waals surface area contributed by atoms with Crippen LogP contribution in [0.4, 0.5) is 0 Å². The van der Waals surface area contributed by atoms with E-state index in [4.69, 9.17) is 4.74 Å². The number of rotatable bonds is 9. The Balaban J connectivity index is 0.00000306. The molecule has 2 N–H and O–H groups in total. The summed E-state index contributed by atoms with van der Waals surface area (Å²) in [5.74, 6) is 1.84. The van der Waals surface area contributed by atoms with Gasteiger partial charge in [0.05, 0.1) is 17.9 Å². The summed E-state index contributed by atoms with van der Waals surface area (Å²) in [6, 6.07) is 8.11. The Bertz CT molecular complexity index is 869. The first-order chi connectivity index (χ1) is 15.5. The normalized spacial score (nSPS) is 25.5. The maximum atomic E-state index is 12.8. The molecule has 3 aliphatic rings. The van der Waals surface area contributed by atoms with Gasteiger partial charge in [-0.3, -0.25) is 19.5 Å². The molecule has 1 aliphatic heterocycles. The number of nitrogens with zero attached hydrogens (tertiary/aromatic N) is 2. The number of likely N-dealkylation sites (tertiary alicyclic amines) is 1. The van der Waals surface area contributed by atoms with Crippen LogP contribution in [0.1, 0.15) is 32.8 Å². The predicted octanol–water partition coefficient (Wildman–Crippen LogP) is 3.00. The first-order valence-electron chi connectivity index (χ1n) is 11.8. The molecule has 2 amide bonds. The molecule has 4 rings (SSSR count). The van der Waals surface area contributed by atoms with Crippen LogP contribution >= 0.6 is 24.0 Å². The van der Waals surface area contributed by atoms with Gasteiger partial charge in [-0.2, -0.15) is 0 Å². The third-order valence-corrected chi connectivity index (χ3v) is 6.50. The number of aliphatic imine (C=N–C) groups is 1. The molecule has 2 bridgehead atoms. The summed E-state index contributed by atoms with van der Waals surface area (Å²) < 4.78 is 5.68. The molecule has 4 unspecified atom stereocenters. The fourth-order valence-corrected chi connectivity index (χ4v) is 5.12. The van der Waals surface area contributed by atoms with E-state index in [1.165, 1.54) is 10.5 Å². The maximum absolute atomic E-state index is 12.8. The van der Waals surface area contributed by atoms with Crippen LogP contribution in [0.25, 0.3) is 0 Å². The van der Waals surface area contributed by atoms with Crippen molar-refractivity contribution in [3.63, 3.8) is 0 Å². The second-order valence-corrected chi connectivity index (χ2v) is 9.08. The Morgan fingerprint density at radius 2 is 1.73 bits per heavy atom. The van der Waals surface area contributed by atoms with E-state index in [1.807, 2.05) is 32.9 Å². The number of halogens is 1. The summed E-state index contributed by atoms with van der Waals surface area (Å²) in [5.41, 5.74) is 1.20. The third kappa shape index (κ3) is 5.70. The number of ether oxygens (including phenoxy) is 1. The highest BCUT2D eigenvalue weighted by Crippen LogP contribution is 2.52. The largest absolute Gasteiger partial charge is 0.491 e. The monoisotopic (exact) mass is 566 g/mol. The molecule has 2 fully saturated rings. The van der Waals surface area contributed by atoms with Crippen molar-refractivity contribution in [1.29, 1.82) is 0 Å². The van der Waals surface area contributed by atoms with Gasteiger partial charge in [-0.25, -0.2) is 0 Å². The number of fused-ring (bicyclic) bond motifs is 5. The van der Waals surface area contributed by atoms with Crippen LogP contribution in [0.3, 0.4) is 0 Å². The molecule has 1 saturated carbocycles. The Morgan fingerprint density at radius 1 is 1.09 bits per heavy atom. The summed E-state index contributed by atoms with van der Waals surface area (Å²) in [7, 11) is 0. The number of imide groups is 1. The molecule has 1 aromatic rings. The van der Waals surface area contributed by atoms with Crippen LogP contribution in [0.5, 0.6) is 5.75 Å². The molecular weight excluding hydrogens is 531 g/mol. The number of carbonyl (C=O) groups is 2. The minimum atomic E-state index is -0.128. The molecule has 0 spiro atoms. The summed E-state index contributed by atoms with van der Waals surface area (Å²) in [4.78, 5) is 31.7. The fourth-order valence-electron chi connectivity index (χ4n) is 5.12. The van der Waals surface area contributed by atoms with E-state index in [0.717, 1.165) is 25.1 Å². The molecule has 7 nitrogen and oxygen atoms in total. The van der Waals surface area contributed by atoms with Gasteiger partial charge in [0.25, 0.3) is 0 Å². The minimum Gasteiger partial charge on any atom is -0.491 e. The molecular formula is C25H35IN4O3. The number of nitrogens with one attached hydrogen (secondary N) is 2. The van der Waals surface area contributed by atoms with Gasteiger partial charge in [-0.15, -0.1) is 24.0 Å². The average Bonchev–Trinajstić information content (AvgIpc) is 3.44. The lowest BCUT2D eigenvalue weighted by Crippen LogP contribution is -2.43. The number of hydrogen-bond acceptors (Lipinski definition) is 4. The highest BCUT2D eigenvalue weighted by molar-refractivity contribution is 14.0. The van der Waals surface area contributed by atoms with Gasteiger partial charge in [0, 0.05) is 26.2 Å². The molecule has 1 saturated heterocycles. The Morgan fingerprint density at radius 3 is 2.30 bits per heavy atom. The lowest BCUT2D eigenvalue weighted by atomic mass is 9.85. The van der Waals surface area contributed by atoms with E-state index in [9.17, 15) is 9.59 Å². The number of benzene rings is 1. The van der Waals surface area contributed by atoms with Crippen molar-refractivity contribution in [3.05, 3.63) is 42.0 Å². The van der Waals surface area contributed by atoms with Gasteiger partial charge in [0.1, 0.15) is 5.75 Å². The Labute approximate surface area is 213 Å². The van der Waals surface area contributed by atoms with Gasteiger partial charge in [-0.05, 0) is 63.1 Å². The van der Waals surface area contributed by atoms with Crippen molar-refractivity contribution in [1.82, 2.24) is 15.5 Å². The highest BCUT2D eigenvalue weighted by Gasteiger charge is 2.58. The molecule has 4 atom stereocenters. The predicted molar refractivity (Wildman–Crippen MR) is 140 cm³/mol. The third-order valence-electron chi connectivity index (χ3n) is 6.50. The fraction of sp³-hybridized carbons (Fsp3) is 0.560. The Kier molecular flexibility index (Phi) is 8.78. The molecule has 0 radical (unpaired) electrons. The van der Waals surface area contributed by atoms with Crippen molar-refractivity contribution >= 4 is 41.8 Å². The van der Waals surface area contributed by atoms with Gasteiger partial charge >= 0.3 is 0 Å². The second kappa shape index (κ2) is 11.4. The van der Waals surface area contributed by atoms with E-state index >= 15 is 0 Å². The summed E-state index contributed by atoms with van der Waals surface area (Å²) in [6.45, 7) is 8.30. The number of allylic oxidation sites excluding steroid dienone is 2. The van der Waals surface area contributed by atoms with E-state index < -0.39 is 0 Å². The SMILES string of the molecule is CCNC(=NCCc1ccc(OC(C)C)cc1)NCCN1C(=O)C2C3C=CC(C3)C2C1=O.I. The van der Waals surface area contributed by atoms with Crippen molar-refractivity contribution in [3.8, 4) is 5.75 Å². The molecule has 180 valence electrons. The van der Waals surface area contributed by atoms with Crippen LogP contribution in [0.2, 0.25) is 0 Å². The van der Waals surface area contributed by atoms with Crippen LogP contribution in [-0.2, 0) is 16.0 Å². The van der Waals surface area contributed by atoms with Crippen LogP contribution in [0, 0.1) is 23.7 Å². The summed E-state index contributed by atoms with van der Waals surface area (Å²) in [6.07, 6.45) is 6.19. The van der Waals surface area contributed by atoms with Crippen LogP contribution in [-0.4, -0.2) is 55.0 Å². The first kappa shape index (κ1) is 25.5. The van der Waals surface area contributed by atoms with Gasteiger partial charge in [0.2, 0.25) is 11.8 Å². The molecule has 1 aromatic carbocycles. The number of amides is 2. The van der Waals surface area contributed by atoms with Crippen molar-refractivity contribution in [2.24, 2.45) is 28.7 Å². The second-order valence-electron chi connectivity index (χ2n) is 9.08. The van der Waals surface area contributed by atoms with Gasteiger partial charge in [0.15, 0.2) is 5.96 Å². The molecule has 8 heteroatoms. The summed E-state index contributed by atoms with van der Waals surface area (Å²) >= 11 is 0. The number of hydrogen-bond donors (Lipinski definition) is 2. The zero-order valence-electron chi connectivity index (χ0n) is 19.6. The van der Waals surface area contributed by atoms with E-state index in [2.05, 4.69) is 39.9 Å². The molecule has 0 aromatic heterocycles. The van der Waals surface area contributed by atoms with Crippen molar-refractivity contribution in [2.75, 3.05) is 26.2 Å². The number of guanidine groups is 1. The van der Waals surface area contributed by atoms with E-state index in [0.29, 0.717) is 25.6 Å².